The van der Waals surface area contributed by atoms with Crippen molar-refractivity contribution in [3.63, 3.8) is 0 Å². The number of hydrogen-bond donors (Lipinski definition) is 1. The molecule has 1 aliphatic heterocycles. The number of fused-ring (bicyclic) bond motifs is 1. The number of halogens is 1. The summed E-state index contributed by atoms with van der Waals surface area (Å²) in [5.41, 5.74) is 7.77. The number of nitrogen functional groups attached to an aromatic ring is 1. The van der Waals surface area contributed by atoms with Gasteiger partial charge in [0.1, 0.15) is 5.82 Å². The fourth-order valence-corrected chi connectivity index (χ4v) is 3.33. The van der Waals surface area contributed by atoms with Gasteiger partial charge < -0.3 is 29.4 Å². The van der Waals surface area contributed by atoms with Crippen LogP contribution in [0.5, 0.6) is 11.5 Å². The zero-order chi connectivity index (χ0) is 18.1. The molecular weight excluding hydrogens is 368 g/mol. The van der Waals surface area contributed by atoms with Gasteiger partial charge in [0, 0.05) is 55.5 Å². The number of nitrogens with two attached hydrogens (primary N) is 1. The van der Waals surface area contributed by atoms with E-state index in [0.29, 0.717) is 17.2 Å². The number of ether oxygens (including phenoxy) is 2. The van der Waals surface area contributed by atoms with E-state index >= 15 is 0 Å². The number of anilines is 3. The lowest BCUT2D eigenvalue weighted by Crippen LogP contribution is -2.46. The predicted molar refractivity (Wildman–Crippen MR) is 110 cm³/mol. The Labute approximate surface area is 164 Å². The Hall–Kier alpha value is -2.80. The molecule has 2 aromatic heterocycles. The Morgan fingerprint density at radius 2 is 1.67 bits per heavy atom. The number of pyridine rings is 1. The topological polar surface area (TPSA) is 77.0 Å². The van der Waals surface area contributed by atoms with Gasteiger partial charge in [0.05, 0.1) is 26.0 Å². The maximum Gasteiger partial charge on any atom is 0.195 e. The second-order valence-electron chi connectivity index (χ2n) is 6.22. The minimum Gasteiger partial charge on any atom is -0.493 e. The Bertz CT molecular complexity index is 909. The van der Waals surface area contributed by atoms with Crippen LogP contribution in [-0.2, 0) is 0 Å². The summed E-state index contributed by atoms with van der Waals surface area (Å²) >= 11 is 0. The molecule has 27 heavy (non-hydrogen) atoms. The van der Waals surface area contributed by atoms with E-state index in [1.54, 1.807) is 20.5 Å². The first-order valence-corrected chi connectivity index (χ1v) is 8.55. The molecule has 0 amide bonds. The van der Waals surface area contributed by atoms with Gasteiger partial charge in [-0.3, -0.25) is 0 Å². The smallest absolute Gasteiger partial charge is 0.195 e. The van der Waals surface area contributed by atoms with E-state index in [1.807, 2.05) is 30.3 Å². The molecule has 0 spiro atoms. The second-order valence-corrected chi connectivity index (χ2v) is 6.22. The SMILES string of the molecule is COc1cc2nc(N3CCN(c4ccco4)CC3)cc(N)c2cc1OC.Cl. The predicted octanol–water partition coefficient (Wildman–Crippen LogP) is 3.18. The van der Waals surface area contributed by atoms with Crippen LogP contribution in [0.3, 0.4) is 0 Å². The van der Waals surface area contributed by atoms with Crippen molar-refractivity contribution in [2.24, 2.45) is 0 Å². The zero-order valence-corrected chi connectivity index (χ0v) is 16.2. The van der Waals surface area contributed by atoms with Crippen molar-refractivity contribution in [1.29, 1.82) is 0 Å². The van der Waals surface area contributed by atoms with Gasteiger partial charge >= 0.3 is 0 Å². The van der Waals surface area contributed by atoms with E-state index in [0.717, 1.165) is 48.8 Å². The van der Waals surface area contributed by atoms with E-state index in [1.165, 1.54) is 0 Å². The molecule has 0 aliphatic carbocycles. The summed E-state index contributed by atoms with van der Waals surface area (Å²) in [5.74, 6) is 3.08. The number of benzene rings is 1. The van der Waals surface area contributed by atoms with Crippen molar-refractivity contribution < 1.29 is 13.9 Å². The Morgan fingerprint density at radius 3 is 2.30 bits per heavy atom. The number of furan rings is 1. The molecule has 1 aliphatic rings. The molecule has 1 saturated heterocycles. The van der Waals surface area contributed by atoms with Gasteiger partial charge in [0.25, 0.3) is 0 Å². The molecule has 0 saturated carbocycles. The molecule has 0 atom stereocenters. The highest BCUT2D eigenvalue weighted by atomic mass is 35.5. The van der Waals surface area contributed by atoms with Crippen LogP contribution in [0.2, 0.25) is 0 Å². The van der Waals surface area contributed by atoms with Crippen molar-refractivity contribution in [1.82, 2.24) is 4.98 Å². The molecule has 8 heteroatoms. The molecule has 7 nitrogen and oxygen atoms in total. The van der Waals surface area contributed by atoms with E-state index in [2.05, 4.69) is 9.80 Å². The Morgan fingerprint density at radius 1 is 1.00 bits per heavy atom. The number of hydrogen-bond acceptors (Lipinski definition) is 7. The third kappa shape index (κ3) is 3.55. The monoisotopic (exact) mass is 390 g/mol. The summed E-state index contributed by atoms with van der Waals surface area (Å²) in [7, 11) is 3.23. The normalized spacial score (nSPS) is 14.1. The van der Waals surface area contributed by atoms with Crippen molar-refractivity contribution in [3.8, 4) is 11.5 Å². The highest BCUT2D eigenvalue weighted by Crippen LogP contribution is 2.35. The number of rotatable bonds is 4. The average molecular weight is 391 g/mol. The van der Waals surface area contributed by atoms with E-state index < -0.39 is 0 Å². The molecule has 1 aromatic carbocycles. The third-order valence-electron chi connectivity index (χ3n) is 4.75. The first kappa shape index (κ1) is 19.0. The van der Waals surface area contributed by atoms with Crippen molar-refractivity contribution in [3.05, 3.63) is 36.6 Å². The average Bonchev–Trinajstić information content (AvgIpc) is 3.22. The molecule has 2 N–H and O–H groups in total. The summed E-state index contributed by atoms with van der Waals surface area (Å²) < 4.78 is 16.2. The lowest BCUT2D eigenvalue weighted by atomic mass is 10.1. The first-order valence-electron chi connectivity index (χ1n) is 8.55. The highest BCUT2D eigenvalue weighted by Gasteiger charge is 2.21. The summed E-state index contributed by atoms with van der Waals surface area (Å²) in [6.07, 6.45) is 1.70. The molecule has 0 bridgehead atoms. The van der Waals surface area contributed by atoms with Gasteiger partial charge in [-0.15, -0.1) is 12.4 Å². The van der Waals surface area contributed by atoms with E-state index in [4.69, 9.17) is 24.6 Å². The molecule has 4 rings (SSSR count). The van der Waals surface area contributed by atoms with Crippen molar-refractivity contribution >= 4 is 40.7 Å². The molecule has 3 heterocycles. The summed E-state index contributed by atoms with van der Waals surface area (Å²) in [5, 5.41) is 0.862. The minimum absolute atomic E-state index is 0. The van der Waals surface area contributed by atoms with Gasteiger partial charge in [-0.25, -0.2) is 4.98 Å². The maximum atomic E-state index is 6.29. The van der Waals surface area contributed by atoms with E-state index in [-0.39, 0.29) is 12.4 Å². The quantitative estimate of drug-likeness (QED) is 0.733. The van der Waals surface area contributed by atoms with Crippen LogP contribution in [0.25, 0.3) is 10.9 Å². The summed E-state index contributed by atoms with van der Waals surface area (Å²) in [6.45, 7) is 3.45. The van der Waals surface area contributed by atoms with Crippen LogP contribution >= 0.6 is 12.4 Å². The van der Waals surface area contributed by atoms with Crippen LogP contribution in [-0.4, -0.2) is 45.4 Å². The lowest BCUT2D eigenvalue weighted by Gasteiger charge is -2.35. The third-order valence-corrected chi connectivity index (χ3v) is 4.75. The lowest BCUT2D eigenvalue weighted by molar-refractivity contribution is 0.356. The van der Waals surface area contributed by atoms with Crippen LogP contribution in [0.4, 0.5) is 17.4 Å². The molecule has 0 radical (unpaired) electrons. The highest BCUT2D eigenvalue weighted by molar-refractivity contribution is 5.94. The molecule has 144 valence electrons. The molecule has 1 fully saturated rings. The molecule has 0 unspecified atom stereocenters. The number of aromatic nitrogens is 1. The van der Waals surface area contributed by atoms with Crippen LogP contribution < -0.4 is 25.0 Å². The van der Waals surface area contributed by atoms with Gasteiger partial charge in [-0.2, -0.15) is 0 Å². The van der Waals surface area contributed by atoms with E-state index in [9.17, 15) is 0 Å². The van der Waals surface area contributed by atoms with Crippen molar-refractivity contribution in [2.45, 2.75) is 0 Å². The van der Waals surface area contributed by atoms with Gasteiger partial charge in [-0.05, 0) is 12.1 Å². The largest absolute Gasteiger partial charge is 0.493 e. The second kappa shape index (κ2) is 7.84. The zero-order valence-electron chi connectivity index (χ0n) is 15.3. The van der Waals surface area contributed by atoms with Crippen LogP contribution in [0.15, 0.2) is 41.0 Å². The Kier molecular flexibility index (Phi) is 5.51. The minimum atomic E-state index is 0. The standard InChI is InChI=1S/C19H22N4O3.ClH/c1-24-16-10-13-14(20)11-18(21-15(13)12-17(16)25-2)22-5-7-23(8-6-22)19-4-3-9-26-19;/h3-4,9-12H,5-8H2,1-2H3,(H2,20,21);1H. The fraction of sp³-hybridized carbons (Fsp3) is 0.316. The van der Waals surface area contributed by atoms with Gasteiger partial charge in [-0.1, -0.05) is 0 Å². The van der Waals surface area contributed by atoms with Crippen LogP contribution in [0.1, 0.15) is 0 Å². The van der Waals surface area contributed by atoms with Crippen LogP contribution in [0, 0.1) is 0 Å². The maximum absolute atomic E-state index is 6.29. The number of nitrogens with zero attached hydrogens (tertiary/aromatic N) is 3. The molecular formula is C19H23ClN4O3. The summed E-state index contributed by atoms with van der Waals surface area (Å²) in [6, 6.07) is 9.57. The van der Waals surface area contributed by atoms with Gasteiger partial charge in [0.15, 0.2) is 17.4 Å². The number of methoxy groups -OCH3 is 2. The first-order chi connectivity index (χ1) is 12.7. The summed E-state index contributed by atoms with van der Waals surface area (Å²) in [4.78, 5) is 9.27. The fourth-order valence-electron chi connectivity index (χ4n) is 3.33. The van der Waals surface area contributed by atoms with Gasteiger partial charge in [0.2, 0.25) is 0 Å². The molecule has 3 aromatic rings. The van der Waals surface area contributed by atoms with Crippen molar-refractivity contribution in [2.75, 3.05) is 55.9 Å². The number of piperazine rings is 1. The Balaban J connectivity index is 0.00000210.